The van der Waals surface area contributed by atoms with Crippen molar-refractivity contribution in [1.82, 2.24) is 4.90 Å². The molecule has 0 radical (unpaired) electrons. The van der Waals surface area contributed by atoms with E-state index >= 15 is 0 Å². The largest absolute Gasteiger partial charge is 0.330 e. The average Bonchev–Trinajstić information content (AvgIpc) is 2.38. The molecule has 100 valence electrons. The fraction of sp³-hybridized carbons (Fsp3) is 0.500. The zero-order chi connectivity index (χ0) is 13.6. The van der Waals surface area contributed by atoms with Gasteiger partial charge in [0.05, 0.1) is 0 Å². The van der Waals surface area contributed by atoms with Crippen molar-refractivity contribution in [1.29, 1.82) is 0 Å². The third-order valence-electron chi connectivity index (χ3n) is 3.25. The molecule has 0 saturated heterocycles. The van der Waals surface area contributed by atoms with Gasteiger partial charge in [0.2, 0.25) is 0 Å². The van der Waals surface area contributed by atoms with E-state index in [2.05, 4.69) is 56.5 Å². The molecule has 0 aliphatic rings. The molecule has 0 bridgehead atoms. The van der Waals surface area contributed by atoms with E-state index < -0.39 is 0 Å². The maximum absolute atomic E-state index is 5.80. The van der Waals surface area contributed by atoms with Crippen LogP contribution in [0.1, 0.15) is 26.3 Å². The van der Waals surface area contributed by atoms with Gasteiger partial charge in [-0.05, 0) is 29.6 Å². The quantitative estimate of drug-likeness (QED) is 0.801. The molecule has 1 aromatic carbocycles. The van der Waals surface area contributed by atoms with E-state index in [4.69, 9.17) is 5.73 Å². The number of hydrogen-bond acceptors (Lipinski definition) is 2. The topological polar surface area (TPSA) is 29.3 Å². The first kappa shape index (κ1) is 14.9. The summed E-state index contributed by atoms with van der Waals surface area (Å²) in [6.07, 6.45) is 0. The third kappa shape index (κ3) is 4.63. The van der Waals surface area contributed by atoms with Gasteiger partial charge in [-0.3, -0.25) is 4.90 Å². The molecule has 1 aromatic rings. The second kappa shape index (κ2) is 6.72. The Morgan fingerprint density at radius 1 is 1.28 bits per heavy atom. The first-order chi connectivity index (χ1) is 8.48. The van der Waals surface area contributed by atoms with Crippen LogP contribution in [0.4, 0.5) is 0 Å². The number of nitrogens with two attached hydrogens (primary N) is 1. The van der Waals surface area contributed by atoms with Crippen molar-refractivity contribution in [2.75, 3.05) is 26.2 Å². The van der Waals surface area contributed by atoms with Crippen LogP contribution < -0.4 is 5.73 Å². The van der Waals surface area contributed by atoms with Crippen LogP contribution in [0, 0.1) is 5.41 Å². The molecule has 0 unspecified atom stereocenters. The highest BCUT2D eigenvalue weighted by molar-refractivity contribution is 5.64. The summed E-state index contributed by atoms with van der Waals surface area (Å²) in [7, 11) is 0. The van der Waals surface area contributed by atoms with E-state index in [9.17, 15) is 0 Å². The summed E-state index contributed by atoms with van der Waals surface area (Å²) in [5.74, 6) is 0. The fourth-order valence-corrected chi connectivity index (χ4v) is 1.98. The molecule has 2 heteroatoms. The monoisotopic (exact) mass is 246 g/mol. The van der Waals surface area contributed by atoms with Gasteiger partial charge in [0.15, 0.2) is 0 Å². The SMILES string of the molecule is C=C(CN(CC)CC(C)(C)CN)c1ccccc1. The van der Waals surface area contributed by atoms with Crippen LogP contribution in [0.5, 0.6) is 0 Å². The summed E-state index contributed by atoms with van der Waals surface area (Å²) >= 11 is 0. The van der Waals surface area contributed by atoms with Gasteiger partial charge in [0.25, 0.3) is 0 Å². The number of nitrogens with zero attached hydrogens (tertiary/aromatic N) is 1. The van der Waals surface area contributed by atoms with E-state index in [0.717, 1.165) is 19.6 Å². The molecule has 0 saturated carbocycles. The molecule has 0 amide bonds. The molecular formula is C16H26N2. The van der Waals surface area contributed by atoms with Gasteiger partial charge in [0.1, 0.15) is 0 Å². The Morgan fingerprint density at radius 3 is 2.39 bits per heavy atom. The number of benzene rings is 1. The molecule has 0 aliphatic heterocycles. The molecule has 2 nitrogen and oxygen atoms in total. The fourth-order valence-electron chi connectivity index (χ4n) is 1.98. The van der Waals surface area contributed by atoms with Crippen LogP contribution in [0.3, 0.4) is 0 Å². The molecule has 18 heavy (non-hydrogen) atoms. The number of hydrogen-bond donors (Lipinski definition) is 1. The Bertz CT molecular complexity index is 368. The van der Waals surface area contributed by atoms with Crippen molar-refractivity contribution in [2.24, 2.45) is 11.1 Å². The summed E-state index contributed by atoms with van der Waals surface area (Å²) in [5.41, 5.74) is 8.36. The van der Waals surface area contributed by atoms with Gasteiger partial charge < -0.3 is 5.73 Å². The van der Waals surface area contributed by atoms with Crippen LogP contribution in [0.25, 0.3) is 5.57 Å². The Morgan fingerprint density at radius 2 is 1.89 bits per heavy atom. The van der Waals surface area contributed by atoms with Crippen LogP contribution >= 0.6 is 0 Å². The van der Waals surface area contributed by atoms with Crippen LogP contribution in [0.2, 0.25) is 0 Å². The standard InChI is InChI=1S/C16H26N2/c1-5-18(13-16(3,4)12-17)11-14(2)15-9-7-6-8-10-15/h6-10H,2,5,11-13,17H2,1,3-4H3. The van der Waals surface area contributed by atoms with E-state index in [-0.39, 0.29) is 5.41 Å². The van der Waals surface area contributed by atoms with Gasteiger partial charge in [-0.15, -0.1) is 0 Å². The lowest BCUT2D eigenvalue weighted by Gasteiger charge is -2.31. The minimum atomic E-state index is 0.160. The smallest absolute Gasteiger partial charge is 0.0233 e. The summed E-state index contributed by atoms with van der Waals surface area (Å²) in [4.78, 5) is 2.40. The van der Waals surface area contributed by atoms with Crippen LogP contribution in [-0.4, -0.2) is 31.1 Å². The number of likely N-dealkylation sites (N-methyl/N-ethyl adjacent to an activating group) is 1. The van der Waals surface area contributed by atoms with Crippen molar-refractivity contribution < 1.29 is 0 Å². The molecule has 1 rings (SSSR count). The third-order valence-corrected chi connectivity index (χ3v) is 3.25. The zero-order valence-electron chi connectivity index (χ0n) is 11.9. The van der Waals surface area contributed by atoms with Crippen molar-refractivity contribution >= 4 is 5.57 Å². The highest BCUT2D eigenvalue weighted by atomic mass is 15.1. The average molecular weight is 246 g/mol. The minimum absolute atomic E-state index is 0.160. The molecule has 0 aliphatic carbocycles. The Hall–Kier alpha value is -1.12. The summed E-state index contributed by atoms with van der Waals surface area (Å²) < 4.78 is 0. The van der Waals surface area contributed by atoms with Crippen molar-refractivity contribution in [3.63, 3.8) is 0 Å². The predicted molar refractivity (Wildman–Crippen MR) is 80.4 cm³/mol. The second-order valence-corrected chi connectivity index (χ2v) is 5.64. The Labute approximate surface area is 111 Å². The van der Waals surface area contributed by atoms with Gasteiger partial charge in [-0.1, -0.05) is 57.7 Å². The molecule has 0 spiro atoms. The molecule has 0 fully saturated rings. The van der Waals surface area contributed by atoms with Gasteiger partial charge in [-0.25, -0.2) is 0 Å². The second-order valence-electron chi connectivity index (χ2n) is 5.64. The van der Waals surface area contributed by atoms with Crippen LogP contribution in [0.15, 0.2) is 36.9 Å². The maximum atomic E-state index is 5.80. The van der Waals surface area contributed by atoms with Crippen molar-refractivity contribution in [3.05, 3.63) is 42.5 Å². The summed E-state index contributed by atoms with van der Waals surface area (Å²) in [6, 6.07) is 10.4. The van der Waals surface area contributed by atoms with Crippen LogP contribution in [-0.2, 0) is 0 Å². The molecule has 0 heterocycles. The normalized spacial score (nSPS) is 11.8. The highest BCUT2D eigenvalue weighted by Gasteiger charge is 2.19. The summed E-state index contributed by atoms with van der Waals surface area (Å²) in [5, 5.41) is 0. The van der Waals surface area contributed by atoms with Crippen molar-refractivity contribution in [3.8, 4) is 0 Å². The zero-order valence-corrected chi connectivity index (χ0v) is 11.9. The first-order valence-corrected chi connectivity index (χ1v) is 6.64. The van der Waals surface area contributed by atoms with E-state index in [1.807, 2.05) is 6.07 Å². The van der Waals surface area contributed by atoms with E-state index in [1.54, 1.807) is 0 Å². The minimum Gasteiger partial charge on any atom is -0.330 e. The lowest BCUT2D eigenvalue weighted by Crippen LogP contribution is -2.39. The lowest BCUT2D eigenvalue weighted by atomic mass is 9.92. The molecule has 2 N–H and O–H groups in total. The number of rotatable bonds is 7. The summed E-state index contributed by atoms with van der Waals surface area (Å²) in [6.45, 7) is 14.4. The Kier molecular flexibility index (Phi) is 5.57. The van der Waals surface area contributed by atoms with E-state index in [0.29, 0.717) is 6.54 Å². The van der Waals surface area contributed by atoms with Gasteiger partial charge in [-0.2, -0.15) is 0 Å². The molecular weight excluding hydrogens is 220 g/mol. The van der Waals surface area contributed by atoms with Gasteiger partial charge >= 0.3 is 0 Å². The van der Waals surface area contributed by atoms with Crippen molar-refractivity contribution in [2.45, 2.75) is 20.8 Å². The predicted octanol–water partition coefficient (Wildman–Crippen LogP) is 3.01. The first-order valence-electron chi connectivity index (χ1n) is 6.64. The van der Waals surface area contributed by atoms with Gasteiger partial charge in [0, 0.05) is 13.1 Å². The highest BCUT2D eigenvalue weighted by Crippen LogP contribution is 2.18. The van der Waals surface area contributed by atoms with E-state index in [1.165, 1.54) is 11.1 Å². The molecule has 0 atom stereocenters. The maximum Gasteiger partial charge on any atom is 0.0233 e. The Balaban J connectivity index is 2.61. The lowest BCUT2D eigenvalue weighted by molar-refractivity contribution is 0.208. The molecule has 0 aromatic heterocycles.